The van der Waals surface area contributed by atoms with Gasteiger partial charge in [0.25, 0.3) is 0 Å². The number of hydrogen-bond donors (Lipinski definition) is 1. The number of nitrogens with one attached hydrogen (secondary N) is 1. The summed E-state index contributed by atoms with van der Waals surface area (Å²) in [6.07, 6.45) is 1.99. The molecule has 3 rings (SSSR count). The number of aromatic nitrogens is 2. The lowest BCUT2D eigenvalue weighted by Crippen LogP contribution is -2.38. The third-order valence-electron chi connectivity index (χ3n) is 5.58. The van der Waals surface area contributed by atoms with E-state index in [1.54, 1.807) is 22.8 Å². The number of carbonyl (C=O) groups excluding carboxylic acids is 1. The van der Waals surface area contributed by atoms with E-state index in [9.17, 15) is 13.2 Å². The van der Waals surface area contributed by atoms with Crippen molar-refractivity contribution < 1.29 is 13.2 Å². The molecule has 1 saturated heterocycles. The smallest absolute Gasteiger partial charge is 0.246 e. The minimum Gasteiger partial charge on any atom is -0.352 e. The van der Waals surface area contributed by atoms with Gasteiger partial charge >= 0.3 is 0 Å². The van der Waals surface area contributed by atoms with Gasteiger partial charge in [0.1, 0.15) is 4.90 Å². The van der Waals surface area contributed by atoms with Crippen molar-refractivity contribution in [3.05, 3.63) is 45.7 Å². The van der Waals surface area contributed by atoms with E-state index in [2.05, 4.69) is 33.3 Å². The van der Waals surface area contributed by atoms with Crippen molar-refractivity contribution in [1.29, 1.82) is 0 Å². The van der Waals surface area contributed by atoms with Gasteiger partial charge in [-0.05, 0) is 50.3 Å². The first kappa shape index (κ1) is 23.0. The molecule has 164 valence electrons. The molecule has 1 aromatic heterocycles. The third kappa shape index (κ3) is 5.31. The van der Waals surface area contributed by atoms with E-state index in [0.717, 1.165) is 22.9 Å². The number of hydrogen-bond acceptors (Lipinski definition) is 4. The predicted molar refractivity (Wildman–Crippen MR) is 119 cm³/mol. The minimum absolute atomic E-state index is 0.100. The molecule has 0 aliphatic carbocycles. The number of amides is 1. The highest BCUT2D eigenvalue weighted by molar-refractivity contribution is 9.10. The Morgan fingerprint density at radius 2 is 1.97 bits per heavy atom. The number of halogens is 1. The van der Waals surface area contributed by atoms with Crippen molar-refractivity contribution in [1.82, 2.24) is 19.4 Å². The van der Waals surface area contributed by atoms with Gasteiger partial charge in [-0.3, -0.25) is 9.48 Å². The molecule has 1 aliphatic rings. The molecule has 0 unspecified atom stereocenters. The summed E-state index contributed by atoms with van der Waals surface area (Å²) in [6, 6.07) is 7.76. The minimum atomic E-state index is -3.57. The van der Waals surface area contributed by atoms with E-state index in [0.29, 0.717) is 43.5 Å². The molecule has 1 aromatic carbocycles. The summed E-state index contributed by atoms with van der Waals surface area (Å²) in [7, 11) is -3.57. The number of carbonyl (C=O) groups is 1. The largest absolute Gasteiger partial charge is 0.352 e. The Morgan fingerprint density at radius 3 is 2.63 bits per heavy atom. The average Bonchev–Trinajstić information content (AvgIpc) is 2.99. The number of nitrogens with zero attached hydrogens (tertiary/aromatic N) is 3. The van der Waals surface area contributed by atoms with Gasteiger partial charge in [0.05, 0.1) is 17.9 Å². The van der Waals surface area contributed by atoms with E-state index in [-0.39, 0.29) is 17.2 Å². The first-order valence-electron chi connectivity index (χ1n) is 10.2. The first-order valence-corrected chi connectivity index (χ1v) is 12.5. The van der Waals surface area contributed by atoms with Gasteiger partial charge in [-0.2, -0.15) is 9.40 Å². The number of rotatable bonds is 7. The van der Waals surface area contributed by atoms with Crippen LogP contribution in [0, 0.1) is 19.8 Å². The molecule has 0 spiro atoms. The standard InChI is InChI=1S/C21H29BrN4O3S/c1-15-7-10-25(11-8-15)30(28,29)21-16(2)24-26(17(21)3)12-9-20(27)23-14-18-5-4-6-19(22)13-18/h4-6,13,15H,7-12,14H2,1-3H3,(H,23,27). The Labute approximate surface area is 187 Å². The van der Waals surface area contributed by atoms with E-state index in [1.165, 1.54) is 0 Å². The fourth-order valence-electron chi connectivity index (χ4n) is 3.77. The van der Waals surface area contributed by atoms with Gasteiger partial charge in [-0.25, -0.2) is 8.42 Å². The number of sulfonamides is 1. The third-order valence-corrected chi connectivity index (χ3v) is 8.23. The molecule has 0 saturated carbocycles. The quantitative estimate of drug-likeness (QED) is 0.636. The van der Waals surface area contributed by atoms with Crippen molar-refractivity contribution in [2.45, 2.75) is 58.0 Å². The normalized spacial score (nSPS) is 16.0. The van der Waals surface area contributed by atoms with Crippen molar-refractivity contribution in [2.75, 3.05) is 13.1 Å². The lowest BCUT2D eigenvalue weighted by molar-refractivity contribution is -0.121. The summed E-state index contributed by atoms with van der Waals surface area (Å²) >= 11 is 3.42. The second-order valence-electron chi connectivity index (χ2n) is 7.97. The summed E-state index contributed by atoms with van der Waals surface area (Å²) in [5.41, 5.74) is 2.08. The Balaban J connectivity index is 1.63. The molecule has 1 amide bonds. The summed E-state index contributed by atoms with van der Waals surface area (Å²) in [5.74, 6) is 0.453. The Kier molecular flexibility index (Phi) is 7.36. The Bertz CT molecular complexity index is 1010. The monoisotopic (exact) mass is 496 g/mol. The van der Waals surface area contributed by atoms with Gasteiger partial charge < -0.3 is 5.32 Å². The van der Waals surface area contributed by atoms with Crippen LogP contribution in [0.2, 0.25) is 0 Å². The summed E-state index contributed by atoms with van der Waals surface area (Å²) < 4.78 is 30.5. The second kappa shape index (κ2) is 9.62. The van der Waals surface area contributed by atoms with E-state index < -0.39 is 10.0 Å². The molecule has 0 bridgehead atoms. The molecule has 2 aromatic rings. The van der Waals surface area contributed by atoms with Crippen LogP contribution in [-0.4, -0.2) is 41.5 Å². The number of piperidine rings is 1. The molecule has 0 atom stereocenters. The second-order valence-corrected chi connectivity index (χ2v) is 10.8. The van der Waals surface area contributed by atoms with Crippen LogP contribution in [-0.2, 0) is 27.9 Å². The van der Waals surface area contributed by atoms with Gasteiger partial charge in [0, 0.05) is 30.5 Å². The topological polar surface area (TPSA) is 84.3 Å². The lowest BCUT2D eigenvalue weighted by Gasteiger charge is -2.29. The molecule has 1 aliphatic heterocycles. The highest BCUT2D eigenvalue weighted by atomic mass is 79.9. The zero-order valence-corrected chi connectivity index (χ0v) is 20.1. The highest BCUT2D eigenvalue weighted by Crippen LogP contribution is 2.27. The highest BCUT2D eigenvalue weighted by Gasteiger charge is 2.32. The fraction of sp³-hybridized carbons (Fsp3) is 0.524. The number of benzene rings is 1. The zero-order chi connectivity index (χ0) is 21.9. The Hall–Kier alpha value is -1.71. The van der Waals surface area contributed by atoms with Crippen LogP contribution in [0.3, 0.4) is 0 Å². The molecular formula is C21H29BrN4O3S. The molecule has 1 N–H and O–H groups in total. The maximum Gasteiger partial charge on any atom is 0.246 e. The molecule has 9 heteroatoms. The van der Waals surface area contributed by atoms with Crippen LogP contribution in [0.15, 0.2) is 33.6 Å². The SMILES string of the molecule is Cc1nn(CCC(=O)NCc2cccc(Br)c2)c(C)c1S(=O)(=O)N1CCC(C)CC1. The summed E-state index contributed by atoms with van der Waals surface area (Å²) in [6.45, 7) is 7.51. The van der Waals surface area contributed by atoms with Gasteiger partial charge in [-0.15, -0.1) is 0 Å². The van der Waals surface area contributed by atoms with Crippen LogP contribution in [0.4, 0.5) is 0 Å². The van der Waals surface area contributed by atoms with Gasteiger partial charge in [-0.1, -0.05) is 35.0 Å². The van der Waals surface area contributed by atoms with E-state index >= 15 is 0 Å². The molecule has 7 nitrogen and oxygen atoms in total. The predicted octanol–water partition coefficient (Wildman–Crippen LogP) is 3.39. The Morgan fingerprint density at radius 1 is 1.27 bits per heavy atom. The van der Waals surface area contributed by atoms with Crippen LogP contribution in [0.1, 0.15) is 43.1 Å². The molecule has 2 heterocycles. The van der Waals surface area contributed by atoms with Crippen molar-refractivity contribution >= 4 is 31.9 Å². The van der Waals surface area contributed by atoms with E-state index in [1.807, 2.05) is 24.3 Å². The van der Waals surface area contributed by atoms with E-state index in [4.69, 9.17) is 0 Å². The van der Waals surface area contributed by atoms with Crippen molar-refractivity contribution in [3.63, 3.8) is 0 Å². The van der Waals surface area contributed by atoms with Crippen LogP contribution in [0.25, 0.3) is 0 Å². The molecule has 0 radical (unpaired) electrons. The van der Waals surface area contributed by atoms with Gasteiger partial charge in [0.15, 0.2) is 0 Å². The average molecular weight is 497 g/mol. The molecule has 1 fully saturated rings. The molecular weight excluding hydrogens is 468 g/mol. The fourth-order valence-corrected chi connectivity index (χ4v) is 6.06. The van der Waals surface area contributed by atoms with Gasteiger partial charge in [0.2, 0.25) is 15.9 Å². The summed E-state index contributed by atoms with van der Waals surface area (Å²) in [5, 5.41) is 7.31. The zero-order valence-electron chi connectivity index (χ0n) is 17.7. The van der Waals surface area contributed by atoms with Crippen LogP contribution < -0.4 is 5.32 Å². The maximum atomic E-state index is 13.2. The maximum absolute atomic E-state index is 13.2. The summed E-state index contributed by atoms with van der Waals surface area (Å²) in [4.78, 5) is 12.5. The van der Waals surface area contributed by atoms with Crippen LogP contribution in [0.5, 0.6) is 0 Å². The van der Waals surface area contributed by atoms with Crippen LogP contribution >= 0.6 is 15.9 Å². The number of aryl methyl sites for hydroxylation is 2. The molecule has 30 heavy (non-hydrogen) atoms. The first-order chi connectivity index (χ1) is 14.2. The van der Waals surface area contributed by atoms with Crippen molar-refractivity contribution in [3.8, 4) is 0 Å². The van der Waals surface area contributed by atoms with Crippen molar-refractivity contribution in [2.24, 2.45) is 5.92 Å². The lowest BCUT2D eigenvalue weighted by atomic mass is 10.0.